The van der Waals surface area contributed by atoms with E-state index in [-0.39, 0.29) is 0 Å². The number of para-hydroxylation sites is 2. The van der Waals surface area contributed by atoms with E-state index in [1.807, 2.05) is 48.3 Å². The average Bonchev–Trinajstić information content (AvgIpc) is 2.67. The molecule has 7 nitrogen and oxygen atoms in total. The van der Waals surface area contributed by atoms with Crippen LogP contribution in [0.25, 0.3) is 0 Å². The third-order valence-electron chi connectivity index (χ3n) is 3.74. The summed E-state index contributed by atoms with van der Waals surface area (Å²) in [6.07, 6.45) is 6.07. The first-order valence-corrected chi connectivity index (χ1v) is 7.96. The highest BCUT2D eigenvalue weighted by molar-refractivity contribution is 5.63. The molecule has 0 aliphatic rings. The Kier molecular flexibility index (Phi) is 5.36. The van der Waals surface area contributed by atoms with Crippen LogP contribution >= 0.6 is 0 Å². The Labute approximate surface area is 146 Å². The van der Waals surface area contributed by atoms with Crippen molar-refractivity contribution in [3.05, 3.63) is 60.6 Å². The molecule has 0 aliphatic heterocycles. The lowest BCUT2D eigenvalue weighted by atomic mass is 10.2. The molecule has 0 amide bonds. The van der Waals surface area contributed by atoms with Gasteiger partial charge in [0.15, 0.2) is 5.82 Å². The van der Waals surface area contributed by atoms with Gasteiger partial charge in [-0.15, -0.1) is 5.10 Å². The van der Waals surface area contributed by atoms with E-state index >= 15 is 0 Å². The highest BCUT2D eigenvalue weighted by Gasteiger charge is 2.08. The smallest absolute Gasteiger partial charge is 0.247 e. The first-order valence-electron chi connectivity index (χ1n) is 7.96. The van der Waals surface area contributed by atoms with Gasteiger partial charge in [0.05, 0.1) is 19.0 Å². The van der Waals surface area contributed by atoms with Crippen molar-refractivity contribution in [2.45, 2.75) is 6.42 Å². The van der Waals surface area contributed by atoms with E-state index in [1.165, 1.54) is 5.56 Å². The van der Waals surface area contributed by atoms with Crippen LogP contribution in [0.1, 0.15) is 5.56 Å². The van der Waals surface area contributed by atoms with Crippen LogP contribution in [-0.4, -0.2) is 40.9 Å². The van der Waals surface area contributed by atoms with Crippen molar-refractivity contribution in [2.75, 3.05) is 30.9 Å². The Bertz CT molecular complexity index is 811. The second-order valence-corrected chi connectivity index (χ2v) is 5.49. The summed E-state index contributed by atoms with van der Waals surface area (Å²) in [5.74, 6) is 1.92. The summed E-state index contributed by atoms with van der Waals surface area (Å²) < 4.78 is 5.34. The molecule has 0 unspecified atom stereocenters. The SMILES string of the molecule is COc1ccccc1Nc1cnnc(N(C)CCc2ccncc2)n1. The van der Waals surface area contributed by atoms with E-state index in [0.29, 0.717) is 11.8 Å². The molecule has 25 heavy (non-hydrogen) atoms. The number of hydrogen-bond acceptors (Lipinski definition) is 7. The first-order chi connectivity index (χ1) is 12.3. The number of likely N-dealkylation sites (N-methyl/N-ethyl adjacent to an activating group) is 1. The summed E-state index contributed by atoms with van der Waals surface area (Å²) in [5, 5.41) is 11.4. The minimum absolute atomic E-state index is 0.564. The molecule has 7 heteroatoms. The van der Waals surface area contributed by atoms with Crippen molar-refractivity contribution < 1.29 is 4.74 Å². The van der Waals surface area contributed by atoms with Gasteiger partial charge in [-0.05, 0) is 36.2 Å². The van der Waals surface area contributed by atoms with Crippen LogP contribution in [0, 0.1) is 0 Å². The summed E-state index contributed by atoms with van der Waals surface area (Å²) in [7, 11) is 3.59. The number of aromatic nitrogens is 4. The molecule has 128 valence electrons. The molecule has 2 aromatic heterocycles. The van der Waals surface area contributed by atoms with E-state index in [1.54, 1.807) is 25.7 Å². The molecule has 0 fully saturated rings. The Morgan fingerprint density at radius 1 is 1.12 bits per heavy atom. The molecular formula is C18H20N6O. The van der Waals surface area contributed by atoms with Crippen molar-refractivity contribution >= 4 is 17.5 Å². The van der Waals surface area contributed by atoms with Gasteiger partial charge in [0, 0.05) is 26.0 Å². The molecule has 0 radical (unpaired) electrons. The first kappa shape index (κ1) is 16.6. The summed E-state index contributed by atoms with van der Waals surface area (Å²) in [6, 6.07) is 11.7. The van der Waals surface area contributed by atoms with E-state index in [9.17, 15) is 0 Å². The van der Waals surface area contributed by atoms with E-state index in [2.05, 4.69) is 25.5 Å². The number of nitrogens with one attached hydrogen (secondary N) is 1. The number of benzene rings is 1. The molecule has 0 saturated carbocycles. The lowest BCUT2D eigenvalue weighted by Crippen LogP contribution is -2.23. The van der Waals surface area contributed by atoms with Crippen LogP contribution in [-0.2, 0) is 6.42 Å². The Hall–Kier alpha value is -3.22. The number of rotatable bonds is 7. The molecule has 0 spiro atoms. The van der Waals surface area contributed by atoms with Crippen LogP contribution in [0.15, 0.2) is 55.0 Å². The molecular weight excluding hydrogens is 316 g/mol. The molecule has 0 saturated heterocycles. The number of nitrogens with zero attached hydrogens (tertiary/aromatic N) is 5. The standard InChI is InChI=1S/C18H20N6O/c1-24(12-9-14-7-10-19-11-8-14)18-22-17(13-20-23-18)21-15-5-3-4-6-16(15)25-2/h3-8,10-11,13H,9,12H2,1-2H3,(H,21,22,23). The van der Waals surface area contributed by atoms with Gasteiger partial charge in [-0.2, -0.15) is 10.1 Å². The second-order valence-electron chi connectivity index (χ2n) is 5.49. The van der Waals surface area contributed by atoms with Crippen molar-refractivity contribution in [1.82, 2.24) is 20.2 Å². The molecule has 1 aromatic carbocycles. The van der Waals surface area contributed by atoms with Crippen LogP contribution in [0.2, 0.25) is 0 Å². The summed E-state index contributed by atoms with van der Waals surface area (Å²) >= 11 is 0. The number of methoxy groups -OCH3 is 1. The van der Waals surface area contributed by atoms with Crippen LogP contribution in [0.5, 0.6) is 5.75 Å². The zero-order valence-corrected chi connectivity index (χ0v) is 14.3. The minimum Gasteiger partial charge on any atom is -0.495 e. The highest BCUT2D eigenvalue weighted by atomic mass is 16.5. The van der Waals surface area contributed by atoms with Gasteiger partial charge in [-0.1, -0.05) is 12.1 Å². The van der Waals surface area contributed by atoms with Crippen molar-refractivity contribution in [1.29, 1.82) is 0 Å². The quantitative estimate of drug-likeness (QED) is 0.711. The van der Waals surface area contributed by atoms with Crippen LogP contribution < -0.4 is 15.0 Å². The normalized spacial score (nSPS) is 10.3. The Morgan fingerprint density at radius 3 is 2.72 bits per heavy atom. The minimum atomic E-state index is 0.564. The van der Waals surface area contributed by atoms with Crippen molar-refractivity contribution in [2.24, 2.45) is 0 Å². The summed E-state index contributed by atoms with van der Waals surface area (Å²) in [4.78, 5) is 10.5. The summed E-state index contributed by atoms with van der Waals surface area (Å²) in [5.41, 5.74) is 2.05. The zero-order chi connectivity index (χ0) is 17.5. The second kappa shape index (κ2) is 8.05. The van der Waals surface area contributed by atoms with Gasteiger partial charge in [-0.25, -0.2) is 0 Å². The lowest BCUT2D eigenvalue weighted by Gasteiger charge is -2.17. The Balaban J connectivity index is 1.68. The fraction of sp³-hybridized carbons (Fsp3) is 0.222. The topological polar surface area (TPSA) is 76.1 Å². The van der Waals surface area contributed by atoms with Crippen molar-refractivity contribution in [3.63, 3.8) is 0 Å². The van der Waals surface area contributed by atoms with Crippen LogP contribution in [0.4, 0.5) is 17.5 Å². The maximum absolute atomic E-state index is 5.34. The predicted molar refractivity (Wildman–Crippen MR) is 97.3 cm³/mol. The van der Waals surface area contributed by atoms with Gasteiger partial charge in [-0.3, -0.25) is 4.98 Å². The number of anilines is 3. The molecule has 3 aromatic rings. The molecule has 0 aliphatic carbocycles. The van der Waals surface area contributed by atoms with E-state index < -0.39 is 0 Å². The van der Waals surface area contributed by atoms with E-state index in [4.69, 9.17) is 4.74 Å². The fourth-order valence-electron chi connectivity index (χ4n) is 2.35. The third kappa shape index (κ3) is 4.41. The molecule has 0 atom stereocenters. The third-order valence-corrected chi connectivity index (χ3v) is 3.74. The number of ether oxygens (including phenoxy) is 1. The Morgan fingerprint density at radius 2 is 1.92 bits per heavy atom. The summed E-state index contributed by atoms with van der Waals surface area (Å²) in [6.45, 7) is 0.782. The van der Waals surface area contributed by atoms with Crippen LogP contribution in [0.3, 0.4) is 0 Å². The van der Waals surface area contributed by atoms with Gasteiger partial charge in [0.25, 0.3) is 0 Å². The molecule has 2 heterocycles. The largest absolute Gasteiger partial charge is 0.495 e. The molecule has 1 N–H and O–H groups in total. The van der Waals surface area contributed by atoms with E-state index in [0.717, 1.165) is 24.4 Å². The van der Waals surface area contributed by atoms with Crippen molar-refractivity contribution in [3.8, 4) is 5.75 Å². The average molecular weight is 336 g/mol. The number of pyridine rings is 1. The number of hydrogen-bond donors (Lipinski definition) is 1. The van der Waals surface area contributed by atoms with Gasteiger partial charge < -0.3 is 15.0 Å². The molecule has 3 rings (SSSR count). The fourth-order valence-corrected chi connectivity index (χ4v) is 2.35. The lowest BCUT2D eigenvalue weighted by molar-refractivity contribution is 0.417. The van der Waals surface area contributed by atoms with Gasteiger partial charge >= 0.3 is 0 Å². The zero-order valence-electron chi connectivity index (χ0n) is 14.3. The van der Waals surface area contributed by atoms with Gasteiger partial charge in [0.1, 0.15) is 5.75 Å². The van der Waals surface area contributed by atoms with Gasteiger partial charge in [0.2, 0.25) is 5.95 Å². The maximum Gasteiger partial charge on any atom is 0.247 e. The molecule has 0 bridgehead atoms. The highest BCUT2D eigenvalue weighted by Crippen LogP contribution is 2.26. The maximum atomic E-state index is 5.34. The monoisotopic (exact) mass is 336 g/mol. The predicted octanol–water partition coefficient (Wildman–Crippen LogP) is 2.70.